The Bertz CT molecular complexity index is 659. The van der Waals surface area contributed by atoms with E-state index in [1.54, 1.807) is 6.07 Å². The molecule has 0 saturated heterocycles. The minimum Gasteiger partial charge on any atom is -0.289 e. The lowest BCUT2D eigenvalue weighted by atomic mass is 9.82. The van der Waals surface area contributed by atoms with Gasteiger partial charge in [-0.25, -0.2) is 4.39 Å². The van der Waals surface area contributed by atoms with Crippen LogP contribution in [0.2, 0.25) is 0 Å². The topological polar surface area (TPSA) is 17.1 Å². The Labute approximate surface area is 133 Å². The molecule has 1 nitrogen and oxygen atoms in total. The van der Waals surface area contributed by atoms with E-state index >= 15 is 0 Å². The fraction of sp³-hybridized carbons (Fsp3) is 0.278. The highest BCUT2D eigenvalue weighted by Crippen LogP contribution is 2.28. The van der Waals surface area contributed by atoms with Crippen molar-refractivity contribution >= 4 is 21.7 Å². The summed E-state index contributed by atoms with van der Waals surface area (Å²) in [7, 11) is 0. The van der Waals surface area contributed by atoms with E-state index in [1.807, 2.05) is 24.3 Å². The molecule has 0 aliphatic carbocycles. The number of carbonyl (C=O) groups is 1. The van der Waals surface area contributed by atoms with E-state index in [4.69, 9.17) is 0 Å². The molecule has 0 atom stereocenters. The summed E-state index contributed by atoms with van der Waals surface area (Å²) in [5.74, 6) is -0.590. The number of carbonyl (C=O) groups excluding carboxylic acids is 1. The summed E-state index contributed by atoms with van der Waals surface area (Å²) in [5.41, 5.74) is 2.19. The van der Waals surface area contributed by atoms with E-state index in [-0.39, 0.29) is 11.2 Å². The van der Waals surface area contributed by atoms with Crippen molar-refractivity contribution in [3.05, 3.63) is 69.4 Å². The maximum absolute atomic E-state index is 13.3. The molecule has 0 radical (unpaired) electrons. The second-order valence-corrected chi connectivity index (χ2v) is 6.62. The number of hydrogen-bond acceptors (Lipinski definition) is 1. The van der Waals surface area contributed by atoms with Crippen LogP contribution in [0, 0.1) is 5.82 Å². The first-order valence-corrected chi connectivity index (χ1v) is 7.75. The summed E-state index contributed by atoms with van der Waals surface area (Å²) < 4.78 is 13.9. The van der Waals surface area contributed by atoms with Crippen LogP contribution in [-0.2, 0) is 5.41 Å². The lowest BCUT2D eigenvalue weighted by Gasteiger charge is -2.23. The highest BCUT2D eigenvalue weighted by molar-refractivity contribution is 9.10. The first-order chi connectivity index (χ1) is 9.85. The fourth-order valence-corrected chi connectivity index (χ4v) is 2.53. The van der Waals surface area contributed by atoms with Gasteiger partial charge in [0.2, 0.25) is 0 Å². The van der Waals surface area contributed by atoms with Crippen LogP contribution in [0.4, 0.5) is 4.39 Å². The zero-order valence-corrected chi connectivity index (χ0v) is 14.0. The molecule has 0 unspecified atom stereocenters. The maximum atomic E-state index is 13.3. The highest BCUT2D eigenvalue weighted by atomic mass is 79.9. The van der Waals surface area contributed by atoms with Gasteiger partial charge in [-0.2, -0.15) is 0 Å². The average Bonchev–Trinajstić information content (AvgIpc) is 2.49. The number of ketones is 1. The highest BCUT2D eigenvalue weighted by Gasteiger charge is 2.19. The third kappa shape index (κ3) is 3.41. The molecule has 0 heterocycles. The average molecular weight is 349 g/mol. The Morgan fingerprint density at radius 1 is 1.14 bits per heavy atom. The zero-order valence-electron chi connectivity index (χ0n) is 12.4. The Hall–Kier alpha value is -1.48. The van der Waals surface area contributed by atoms with Crippen molar-refractivity contribution in [1.29, 1.82) is 0 Å². The molecule has 110 valence electrons. The van der Waals surface area contributed by atoms with Gasteiger partial charge in [0, 0.05) is 15.6 Å². The number of rotatable bonds is 4. The summed E-state index contributed by atoms with van der Waals surface area (Å²) >= 11 is 3.30. The van der Waals surface area contributed by atoms with Gasteiger partial charge >= 0.3 is 0 Å². The van der Waals surface area contributed by atoms with Crippen LogP contribution in [0.1, 0.15) is 48.7 Å². The van der Waals surface area contributed by atoms with Crippen LogP contribution in [-0.4, -0.2) is 5.78 Å². The minimum absolute atomic E-state index is 0.0843. The first-order valence-electron chi connectivity index (χ1n) is 6.95. The summed E-state index contributed by atoms with van der Waals surface area (Å²) in [6.45, 7) is 6.49. The molecule has 0 bridgehead atoms. The predicted octanol–water partition coefficient (Wildman–Crippen LogP) is 5.51. The van der Waals surface area contributed by atoms with E-state index in [1.165, 1.54) is 17.7 Å². The van der Waals surface area contributed by atoms with Crippen LogP contribution in [0.3, 0.4) is 0 Å². The molecule has 0 saturated carbocycles. The zero-order chi connectivity index (χ0) is 15.6. The Morgan fingerprint density at radius 2 is 1.76 bits per heavy atom. The number of halogens is 2. The van der Waals surface area contributed by atoms with Crippen molar-refractivity contribution in [3.63, 3.8) is 0 Å². The van der Waals surface area contributed by atoms with E-state index in [9.17, 15) is 9.18 Å². The van der Waals surface area contributed by atoms with E-state index in [0.29, 0.717) is 15.6 Å². The van der Waals surface area contributed by atoms with Gasteiger partial charge in [0.15, 0.2) is 5.78 Å². The monoisotopic (exact) mass is 348 g/mol. The van der Waals surface area contributed by atoms with E-state index in [2.05, 4.69) is 36.7 Å². The molecule has 2 aromatic carbocycles. The van der Waals surface area contributed by atoms with Crippen molar-refractivity contribution in [2.24, 2.45) is 0 Å². The molecule has 0 spiro atoms. The van der Waals surface area contributed by atoms with Crippen molar-refractivity contribution in [3.8, 4) is 0 Å². The maximum Gasteiger partial charge on any atom is 0.194 e. The summed E-state index contributed by atoms with van der Waals surface area (Å²) in [6.07, 6.45) is 1.02. The van der Waals surface area contributed by atoms with Gasteiger partial charge < -0.3 is 0 Å². The molecular formula is C18H18BrFO. The quantitative estimate of drug-likeness (QED) is 0.666. The smallest absolute Gasteiger partial charge is 0.194 e. The van der Waals surface area contributed by atoms with Crippen LogP contribution in [0.5, 0.6) is 0 Å². The predicted molar refractivity (Wildman–Crippen MR) is 87.3 cm³/mol. The second kappa shape index (κ2) is 6.10. The molecule has 0 aromatic heterocycles. The molecule has 0 aliphatic heterocycles. The molecule has 2 aromatic rings. The number of hydrogen-bond donors (Lipinski definition) is 0. The van der Waals surface area contributed by atoms with Crippen LogP contribution in [0.15, 0.2) is 46.9 Å². The lowest BCUT2D eigenvalue weighted by molar-refractivity contribution is 0.103. The Kier molecular flexibility index (Phi) is 4.62. The second-order valence-electron chi connectivity index (χ2n) is 5.77. The molecule has 3 heteroatoms. The molecule has 0 fully saturated rings. The standard InChI is InChI=1S/C18H18BrFO/c1-4-18(2,3)13-7-5-12(6-8-13)17(21)15-11-14(20)9-10-16(15)19/h5-11H,4H2,1-3H3. The summed E-state index contributed by atoms with van der Waals surface area (Å²) in [6, 6.07) is 11.7. The Morgan fingerprint density at radius 3 is 2.33 bits per heavy atom. The molecule has 0 aliphatic rings. The minimum atomic E-state index is -0.412. The van der Waals surface area contributed by atoms with E-state index in [0.717, 1.165) is 6.42 Å². The van der Waals surface area contributed by atoms with Gasteiger partial charge in [-0.1, -0.05) is 61.0 Å². The van der Waals surface area contributed by atoms with Crippen molar-refractivity contribution in [2.45, 2.75) is 32.6 Å². The largest absolute Gasteiger partial charge is 0.289 e. The van der Waals surface area contributed by atoms with Gasteiger partial charge in [0.1, 0.15) is 5.82 Å². The fourth-order valence-electron chi connectivity index (χ4n) is 2.10. The van der Waals surface area contributed by atoms with E-state index < -0.39 is 5.82 Å². The van der Waals surface area contributed by atoms with Crippen molar-refractivity contribution in [2.75, 3.05) is 0 Å². The third-order valence-corrected chi connectivity index (χ3v) is 4.68. The van der Waals surface area contributed by atoms with Crippen LogP contribution < -0.4 is 0 Å². The van der Waals surface area contributed by atoms with Crippen molar-refractivity contribution < 1.29 is 9.18 Å². The lowest BCUT2D eigenvalue weighted by Crippen LogP contribution is -2.15. The number of benzene rings is 2. The first kappa shape index (κ1) is 15.9. The molecular weight excluding hydrogens is 331 g/mol. The molecule has 0 N–H and O–H groups in total. The van der Waals surface area contributed by atoms with Gasteiger partial charge in [0.25, 0.3) is 0 Å². The van der Waals surface area contributed by atoms with Crippen molar-refractivity contribution in [1.82, 2.24) is 0 Å². The summed E-state index contributed by atoms with van der Waals surface area (Å²) in [5, 5.41) is 0. The third-order valence-electron chi connectivity index (χ3n) is 3.99. The van der Waals surface area contributed by atoms with Crippen LogP contribution >= 0.6 is 15.9 Å². The van der Waals surface area contributed by atoms with Gasteiger partial charge in [0.05, 0.1) is 0 Å². The molecule has 21 heavy (non-hydrogen) atoms. The molecule has 0 amide bonds. The van der Waals surface area contributed by atoms with Gasteiger partial charge in [-0.3, -0.25) is 4.79 Å². The van der Waals surface area contributed by atoms with Gasteiger partial charge in [-0.15, -0.1) is 0 Å². The normalized spacial score (nSPS) is 11.5. The molecule has 2 rings (SSSR count). The Balaban J connectivity index is 2.35. The SMILES string of the molecule is CCC(C)(C)c1ccc(C(=O)c2cc(F)ccc2Br)cc1. The van der Waals surface area contributed by atoms with Gasteiger partial charge in [-0.05, 0) is 35.6 Å². The van der Waals surface area contributed by atoms with Crippen LogP contribution in [0.25, 0.3) is 0 Å². The summed E-state index contributed by atoms with van der Waals surface area (Å²) in [4.78, 5) is 12.5.